The zero-order chi connectivity index (χ0) is 19.7. The highest BCUT2D eigenvalue weighted by atomic mass is 79.9. The van der Waals surface area contributed by atoms with Gasteiger partial charge in [-0.1, -0.05) is 15.9 Å². The largest absolute Gasteiger partial charge is 0.545 e. The molecule has 0 spiro atoms. The molecule has 0 radical (unpaired) electrons. The number of halogens is 1. The molecule has 1 aliphatic heterocycles. The fourth-order valence-corrected chi connectivity index (χ4v) is 3.72. The van der Waals surface area contributed by atoms with Crippen LogP contribution >= 0.6 is 28.1 Å². The van der Waals surface area contributed by atoms with Crippen LogP contribution in [0.3, 0.4) is 0 Å². The van der Waals surface area contributed by atoms with Crippen molar-refractivity contribution in [3.05, 3.63) is 51.8 Å². The van der Waals surface area contributed by atoms with Crippen LogP contribution in [-0.4, -0.2) is 39.9 Å². The second-order valence-corrected chi connectivity index (χ2v) is 7.07. The van der Waals surface area contributed by atoms with Crippen molar-refractivity contribution < 1.29 is 19.1 Å². The third kappa shape index (κ3) is 3.54. The van der Waals surface area contributed by atoms with Gasteiger partial charge in [-0.2, -0.15) is 0 Å². The number of nitrogens with zero attached hydrogens (tertiary/aromatic N) is 2. The Morgan fingerprint density at radius 1 is 1.22 bits per heavy atom. The number of benzene rings is 1. The molecular weight excluding hydrogens is 432 g/mol. The van der Waals surface area contributed by atoms with Gasteiger partial charge in [-0.25, -0.2) is 0 Å². The van der Waals surface area contributed by atoms with Gasteiger partial charge in [0, 0.05) is 34.8 Å². The van der Waals surface area contributed by atoms with Crippen molar-refractivity contribution in [1.29, 1.82) is 0 Å². The summed E-state index contributed by atoms with van der Waals surface area (Å²) in [7, 11) is 0. The summed E-state index contributed by atoms with van der Waals surface area (Å²) in [5.41, 5.74) is 0.850. The van der Waals surface area contributed by atoms with Crippen molar-refractivity contribution in [2.24, 2.45) is 0 Å². The third-order valence-corrected chi connectivity index (χ3v) is 5.16. The van der Waals surface area contributed by atoms with Gasteiger partial charge in [0.1, 0.15) is 17.2 Å². The van der Waals surface area contributed by atoms with Gasteiger partial charge < -0.3 is 19.2 Å². The summed E-state index contributed by atoms with van der Waals surface area (Å²) in [6, 6.07) is 8.16. The minimum Gasteiger partial charge on any atom is -0.545 e. The number of hydrogen-bond acceptors (Lipinski definition) is 5. The molecule has 1 fully saturated rings. The Hall–Kier alpha value is -2.45. The summed E-state index contributed by atoms with van der Waals surface area (Å²) in [5, 5.41) is 11.9. The number of rotatable bonds is 5. The molecule has 0 saturated carbocycles. The van der Waals surface area contributed by atoms with Crippen LogP contribution in [0.1, 0.15) is 30.0 Å². The lowest BCUT2D eigenvalue weighted by atomic mass is 10.1. The molecule has 0 N–H and O–H groups in total. The Balaban J connectivity index is 2.00. The smallest absolute Gasteiger partial charge is 0.276 e. The lowest BCUT2D eigenvalue weighted by Crippen LogP contribution is -2.32. The number of carbonyl (C=O) groups excluding carboxylic acids is 2. The van der Waals surface area contributed by atoms with Gasteiger partial charge in [0.15, 0.2) is 5.11 Å². The minimum absolute atomic E-state index is 0.0170. The quantitative estimate of drug-likeness (QED) is 0.517. The van der Waals surface area contributed by atoms with Crippen LogP contribution in [0.15, 0.2) is 44.9 Å². The van der Waals surface area contributed by atoms with Gasteiger partial charge in [-0.05, 0) is 56.4 Å². The summed E-state index contributed by atoms with van der Waals surface area (Å²) in [5.74, 6) is -0.673. The molecule has 1 aliphatic rings. The van der Waals surface area contributed by atoms with E-state index in [-0.39, 0.29) is 11.5 Å². The standard InChI is InChI=1S/C19H17BrN2O4S/c1-3-21-15(17(23)22(4-2)19(21)27)10-12-6-8-16(26-12)13-7-5-11(20)9-14(13)18(24)25/h5-10H,3-4H2,1-2H3,(H,24,25)/p-1/b15-10+. The predicted molar refractivity (Wildman–Crippen MR) is 107 cm³/mol. The molecule has 0 aliphatic carbocycles. The van der Waals surface area contributed by atoms with Gasteiger partial charge in [-0.3, -0.25) is 9.69 Å². The van der Waals surface area contributed by atoms with Crippen molar-refractivity contribution in [3.8, 4) is 11.3 Å². The average Bonchev–Trinajstić information content (AvgIpc) is 3.18. The van der Waals surface area contributed by atoms with Crippen LogP contribution in [0.2, 0.25) is 0 Å². The number of thiocarbonyl (C=S) groups is 1. The molecule has 0 bridgehead atoms. The number of hydrogen-bond donors (Lipinski definition) is 0. The molecule has 8 heteroatoms. The zero-order valence-corrected chi connectivity index (χ0v) is 17.1. The predicted octanol–water partition coefficient (Wildman–Crippen LogP) is 2.88. The Labute approximate surface area is 170 Å². The minimum atomic E-state index is -1.30. The van der Waals surface area contributed by atoms with Crippen molar-refractivity contribution >= 4 is 51.2 Å². The fourth-order valence-electron chi connectivity index (χ4n) is 2.92. The van der Waals surface area contributed by atoms with E-state index in [4.69, 9.17) is 16.6 Å². The summed E-state index contributed by atoms with van der Waals surface area (Å²) in [6.07, 6.45) is 1.62. The highest BCUT2D eigenvalue weighted by Gasteiger charge is 2.36. The Bertz CT molecular complexity index is 966. The van der Waals surface area contributed by atoms with Crippen molar-refractivity contribution in [3.63, 3.8) is 0 Å². The molecule has 1 aromatic heterocycles. The lowest BCUT2D eigenvalue weighted by molar-refractivity contribution is -0.255. The fraction of sp³-hybridized carbons (Fsp3) is 0.211. The summed E-state index contributed by atoms with van der Waals surface area (Å²) >= 11 is 8.60. The molecule has 2 aromatic rings. The van der Waals surface area contributed by atoms with Crippen molar-refractivity contribution in [2.75, 3.05) is 13.1 Å². The first-order valence-corrected chi connectivity index (χ1v) is 9.53. The first-order chi connectivity index (χ1) is 12.9. The van der Waals surface area contributed by atoms with Crippen LogP contribution in [0.25, 0.3) is 17.4 Å². The summed E-state index contributed by atoms with van der Waals surface area (Å²) in [6.45, 7) is 4.82. The molecule has 0 atom stereocenters. The molecule has 1 saturated heterocycles. The first-order valence-electron chi connectivity index (χ1n) is 8.33. The van der Waals surface area contributed by atoms with Crippen LogP contribution in [0, 0.1) is 0 Å². The van der Waals surface area contributed by atoms with Gasteiger partial charge in [0.2, 0.25) is 0 Å². The summed E-state index contributed by atoms with van der Waals surface area (Å²) < 4.78 is 6.41. The second-order valence-electron chi connectivity index (χ2n) is 5.79. The van der Waals surface area contributed by atoms with Crippen LogP contribution in [-0.2, 0) is 4.79 Å². The number of amides is 1. The van der Waals surface area contributed by atoms with E-state index in [0.29, 0.717) is 45.5 Å². The molecule has 1 amide bonds. The number of carboxylic acids is 1. The van der Waals surface area contributed by atoms with E-state index < -0.39 is 5.97 Å². The van der Waals surface area contributed by atoms with Crippen molar-refractivity contribution in [1.82, 2.24) is 9.80 Å². The maximum Gasteiger partial charge on any atom is 0.276 e. The molecule has 6 nitrogen and oxygen atoms in total. The maximum absolute atomic E-state index is 12.6. The Morgan fingerprint density at radius 2 is 1.93 bits per heavy atom. The number of carboxylic acid groups (broad SMARTS) is 1. The van der Waals surface area contributed by atoms with Crippen molar-refractivity contribution in [2.45, 2.75) is 13.8 Å². The van der Waals surface area contributed by atoms with E-state index in [1.165, 1.54) is 11.0 Å². The van der Waals surface area contributed by atoms with E-state index in [2.05, 4.69) is 15.9 Å². The second kappa shape index (κ2) is 7.66. The van der Waals surface area contributed by atoms with Gasteiger partial charge in [0.25, 0.3) is 5.91 Å². The van der Waals surface area contributed by atoms with E-state index in [0.717, 1.165) is 0 Å². The van der Waals surface area contributed by atoms with Crippen LogP contribution in [0.5, 0.6) is 0 Å². The van der Waals surface area contributed by atoms with E-state index in [1.54, 1.807) is 35.2 Å². The van der Waals surface area contributed by atoms with Crippen LogP contribution in [0.4, 0.5) is 0 Å². The third-order valence-electron chi connectivity index (χ3n) is 4.22. The molecule has 3 rings (SSSR count). The number of carbonyl (C=O) groups is 2. The SMILES string of the molecule is CCN1C(=O)/C(=C\c2ccc(-c3ccc(Br)cc3C(=O)[O-])o2)N(CC)C1=S. The highest BCUT2D eigenvalue weighted by molar-refractivity contribution is 9.10. The van der Waals surface area contributed by atoms with Gasteiger partial charge in [-0.15, -0.1) is 0 Å². The van der Waals surface area contributed by atoms with E-state index in [9.17, 15) is 14.7 Å². The van der Waals surface area contributed by atoms with Crippen LogP contribution < -0.4 is 5.11 Å². The lowest BCUT2D eigenvalue weighted by Gasteiger charge is -2.16. The van der Waals surface area contributed by atoms with Gasteiger partial charge >= 0.3 is 0 Å². The topological polar surface area (TPSA) is 76.8 Å². The highest BCUT2D eigenvalue weighted by Crippen LogP contribution is 2.30. The Kier molecular flexibility index (Phi) is 5.48. The summed E-state index contributed by atoms with van der Waals surface area (Å²) in [4.78, 5) is 27.3. The zero-order valence-electron chi connectivity index (χ0n) is 14.7. The molecule has 140 valence electrons. The molecule has 1 aromatic carbocycles. The average molecular weight is 448 g/mol. The number of furan rings is 1. The van der Waals surface area contributed by atoms with E-state index in [1.807, 2.05) is 13.8 Å². The molecule has 2 heterocycles. The number of aromatic carboxylic acids is 1. The number of likely N-dealkylation sites (N-methyl/N-ethyl adjacent to an activating group) is 2. The molecular formula is C19H16BrN2O4S-. The Morgan fingerprint density at radius 3 is 2.56 bits per heavy atom. The molecule has 27 heavy (non-hydrogen) atoms. The normalized spacial score (nSPS) is 15.9. The first kappa shape index (κ1) is 19.3. The maximum atomic E-state index is 12.6. The van der Waals surface area contributed by atoms with E-state index >= 15 is 0 Å². The van der Waals surface area contributed by atoms with Gasteiger partial charge in [0.05, 0.1) is 5.97 Å². The molecule has 0 unspecified atom stereocenters. The monoisotopic (exact) mass is 447 g/mol.